The number of fused-ring (bicyclic) bond motifs is 2. The van der Waals surface area contributed by atoms with Crippen LogP contribution < -0.4 is 9.47 Å². The number of carbonyl (C=O) groups is 1. The lowest BCUT2D eigenvalue weighted by molar-refractivity contribution is 0.0665. The summed E-state index contributed by atoms with van der Waals surface area (Å²) in [6.45, 7) is 3.63. The monoisotopic (exact) mass is 460 g/mol. The van der Waals surface area contributed by atoms with Crippen molar-refractivity contribution in [1.29, 1.82) is 0 Å². The van der Waals surface area contributed by atoms with Gasteiger partial charge in [-0.2, -0.15) is 0 Å². The molecule has 2 aromatic carbocycles. The van der Waals surface area contributed by atoms with E-state index in [1.54, 1.807) is 25.6 Å². The van der Waals surface area contributed by atoms with E-state index in [9.17, 15) is 4.79 Å². The third kappa shape index (κ3) is 3.68. The largest absolute Gasteiger partial charge is 0.493 e. The lowest BCUT2D eigenvalue weighted by atomic mass is 9.94. The van der Waals surface area contributed by atoms with E-state index in [1.807, 2.05) is 30.5 Å². The highest BCUT2D eigenvalue weighted by molar-refractivity contribution is 7.10. The maximum Gasteiger partial charge on any atom is 0.256 e. The van der Waals surface area contributed by atoms with Crippen LogP contribution in [0.25, 0.3) is 10.9 Å². The summed E-state index contributed by atoms with van der Waals surface area (Å²) in [5.41, 5.74) is 4.25. The summed E-state index contributed by atoms with van der Waals surface area (Å²) >= 11 is 1.73. The fourth-order valence-corrected chi connectivity index (χ4v) is 6.05. The standard InChI is InChI=1S/C27H28N2O3S/c1-4-28-17-21(20-9-5-6-10-22(20)28)27(30)29-14-12-18-13-15-33-26(18)23(29)16-19-8-7-11-24(31-2)25(19)32-3/h5-11,13,15,17,23H,4,12,14,16H2,1-3H3. The van der Waals surface area contributed by atoms with Crippen LogP contribution >= 0.6 is 11.3 Å². The van der Waals surface area contributed by atoms with Crippen molar-refractivity contribution in [1.82, 2.24) is 9.47 Å². The molecular weight excluding hydrogens is 432 g/mol. The molecule has 5 rings (SSSR count). The van der Waals surface area contributed by atoms with Gasteiger partial charge in [0.2, 0.25) is 0 Å². The first-order valence-corrected chi connectivity index (χ1v) is 12.2. The zero-order valence-corrected chi connectivity index (χ0v) is 20.0. The van der Waals surface area contributed by atoms with Gasteiger partial charge in [0.15, 0.2) is 11.5 Å². The van der Waals surface area contributed by atoms with Crippen LogP contribution in [0.3, 0.4) is 0 Å². The molecule has 0 N–H and O–H groups in total. The van der Waals surface area contributed by atoms with Gasteiger partial charge in [0, 0.05) is 47.1 Å². The van der Waals surface area contributed by atoms with E-state index in [0.717, 1.165) is 40.7 Å². The number of methoxy groups -OCH3 is 2. The number of ether oxygens (including phenoxy) is 2. The van der Waals surface area contributed by atoms with Crippen LogP contribution in [-0.2, 0) is 19.4 Å². The number of nitrogens with zero attached hydrogens (tertiary/aromatic N) is 2. The van der Waals surface area contributed by atoms with Gasteiger partial charge in [-0.05, 0) is 42.5 Å². The number of thiophene rings is 1. The summed E-state index contributed by atoms with van der Waals surface area (Å²) in [6, 6.07) is 16.3. The molecule has 170 valence electrons. The quantitative estimate of drug-likeness (QED) is 0.370. The highest BCUT2D eigenvalue weighted by Crippen LogP contribution is 2.41. The van der Waals surface area contributed by atoms with E-state index in [4.69, 9.17) is 9.47 Å². The normalized spacial score (nSPS) is 15.5. The van der Waals surface area contributed by atoms with Crippen molar-refractivity contribution in [2.24, 2.45) is 0 Å². The number of hydrogen-bond acceptors (Lipinski definition) is 4. The molecule has 0 fully saturated rings. The SMILES string of the molecule is CCn1cc(C(=O)N2CCc3ccsc3C2Cc2cccc(OC)c2OC)c2ccccc21. The smallest absolute Gasteiger partial charge is 0.256 e. The van der Waals surface area contributed by atoms with Gasteiger partial charge in [-0.1, -0.05) is 30.3 Å². The average Bonchev–Trinajstić information content (AvgIpc) is 3.48. The summed E-state index contributed by atoms with van der Waals surface area (Å²) in [5.74, 6) is 1.53. The third-order valence-electron chi connectivity index (χ3n) is 6.60. The zero-order valence-electron chi connectivity index (χ0n) is 19.2. The van der Waals surface area contributed by atoms with Crippen LogP contribution in [0.2, 0.25) is 0 Å². The molecule has 1 aliphatic heterocycles. The van der Waals surface area contributed by atoms with Gasteiger partial charge in [-0.15, -0.1) is 11.3 Å². The average molecular weight is 461 g/mol. The summed E-state index contributed by atoms with van der Waals surface area (Å²) in [6.07, 6.45) is 3.56. The molecule has 0 saturated heterocycles. The van der Waals surface area contributed by atoms with E-state index >= 15 is 0 Å². The Bertz CT molecular complexity index is 1310. The molecule has 5 nitrogen and oxygen atoms in total. The van der Waals surface area contributed by atoms with Crippen LogP contribution in [0.15, 0.2) is 60.1 Å². The minimum Gasteiger partial charge on any atom is -0.493 e. The predicted molar refractivity (Wildman–Crippen MR) is 133 cm³/mol. The van der Waals surface area contributed by atoms with Crippen molar-refractivity contribution >= 4 is 28.1 Å². The molecule has 2 aromatic heterocycles. The van der Waals surface area contributed by atoms with E-state index < -0.39 is 0 Å². The highest BCUT2D eigenvalue weighted by atomic mass is 32.1. The summed E-state index contributed by atoms with van der Waals surface area (Å²) in [5, 5.41) is 3.15. The van der Waals surface area contributed by atoms with E-state index in [1.165, 1.54) is 10.4 Å². The fourth-order valence-electron chi connectivity index (χ4n) is 4.99. The maximum absolute atomic E-state index is 14.0. The predicted octanol–water partition coefficient (Wildman–Crippen LogP) is 5.72. The molecule has 1 amide bonds. The maximum atomic E-state index is 14.0. The van der Waals surface area contributed by atoms with Gasteiger partial charge in [-0.25, -0.2) is 0 Å². The van der Waals surface area contributed by atoms with Crippen LogP contribution in [-0.4, -0.2) is 36.1 Å². The van der Waals surface area contributed by atoms with E-state index in [0.29, 0.717) is 18.7 Å². The van der Waals surface area contributed by atoms with Crippen molar-refractivity contribution in [3.05, 3.63) is 81.7 Å². The summed E-state index contributed by atoms with van der Waals surface area (Å²) in [7, 11) is 3.32. The molecule has 3 heterocycles. The first-order chi connectivity index (χ1) is 16.2. The van der Waals surface area contributed by atoms with Crippen LogP contribution in [0.4, 0.5) is 0 Å². The van der Waals surface area contributed by atoms with Gasteiger partial charge in [-0.3, -0.25) is 4.79 Å². The molecule has 0 radical (unpaired) electrons. The Balaban J connectivity index is 1.57. The lowest BCUT2D eigenvalue weighted by Crippen LogP contribution is -2.40. The summed E-state index contributed by atoms with van der Waals surface area (Å²) < 4.78 is 13.4. The summed E-state index contributed by atoms with van der Waals surface area (Å²) in [4.78, 5) is 17.3. The molecule has 1 unspecified atom stereocenters. The van der Waals surface area contributed by atoms with Gasteiger partial charge in [0.25, 0.3) is 5.91 Å². The second-order valence-corrected chi connectivity index (χ2v) is 9.22. The molecule has 0 spiro atoms. The second-order valence-electron chi connectivity index (χ2n) is 8.28. The molecule has 4 aromatic rings. The first kappa shape index (κ1) is 21.6. The third-order valence-corrected chi connectivity index (χ3v) is 7.66. The van der Waals surface area contributed by atoms with E-state index in [2.05, 4.69) is 46.0 Å². The van der Waals surface area contributed by atoms with Crippen molar-refractivity contribution in [2.75, 3.05) is 20.8 Å². The second kappa shape index (κ2) is 8.94. The van der Waals surface area contributed by atoms with Gasteiger partial charge in [0.05, 0.1) is 25.8 Å². The Morgan fingerprint density at radius 2 is 1.94 bits per heavy atom. The number of amides is 1. The first-order valence-electron chi connectivity index (χ1n) is 11.3. The van der Waals surface area contributed by atoms with Crippen molar-refractivity contribution in [2.45, 2.75) is 32.4 Å². The number of para-hydroxylation sites is 2. The Kier molecular flexibility index (Phi) is 5.85. The van der Waals surface area contributed by atoms with Crippen molar-refractivity contribution < 1.29 is 14.3 Å². The number of carbonyl (C=O) groups excluding carboxylic acids is 1. The lowest BCUT2D eigenvalue weighted by Gasteiger charge is -2.36. The Morgan fingerprint density at radius 1 is 1.09 bits per heavy atom. The number of benzene rings is 2. The fraction of sp³-hybridized carbons (Fsp3) is 0.296. The van der Waals surface area contributed by atoms with Crippen LogP contribution in [0, 0.1) is 0 Å². The van der Waals surface area contributed by atoms with Gasteiger partial charge < -0.3 is 18.9 Å². The number of hydrogen-bond donors (Lipinski definition) is 0. The minimum absolute atomic E-state index is 0.0500. The molecule has 1 aliphatic rings. The Labute approximate surface area is 198 Å². The van der Waals surface area contributed by atoms with E-state index in [-0.39, 0.29) is 11.9 Å². The minimum atomic E-state index is -0.0500. The topological polar surface area (TPSA) is 43.7 Å². The Morgan fingerprint density at radius 3 is 2.73 bits per heavy atom. The van der Waals surface area contributed by atoms with Gasteiger partial charge >= 0.3 is 0 Å². The molecule has 0 aliphatic carbocycles. The molecule has 0 bridgehead atoms. The van der Waals surface area contributed by atoms with Gasteiger partial charge in [0.1, 0.15) is 0 Å². The molecular formula is C27H28N2O3S. The van der Waals surface area contributed by atoms with Crippen LogP contribution in [0.5, 0.6) is 11.5 Å². The highest BCUT2D eigenvalue weighted by Gasteiger charge is 2.34. The molecule has 0 saturated carbocycles. The molecule has 33 heavy (non-hydrogen) atoms. The number of aryl methyl sites for hydroxylation is 1. The van der Waals surface area contributed by atoms with Crippen molar-refractivity contribution in [3.8, 4) is 11.5 Å². The zero-order chi connectivity index (χ0) is 22.9. The number of rotatable bonds is 6. The van der Waals surface area contributed by atoms with Crippen LogP contribution in [0.1, 0.15) is 39.3 Å². The number of aromatic nitrogens is 1. The molecule has 1 atom stereocenters. The Hall–Kier alpha value is -3.25. The molecule has 6 heteroatoms. The van der Waals surface area contributed by atoms with Crippen molar-refractivity contribution in [3.63, 3.8) is 0 Å².